The smallest absolute Gasteiger partial charge is 0.239 e. The minimum Gasteiger partial charge on any atom is -0.497 e. The summed E-state index contributed by atoms with van der Waals surface area (Å²) in [7, 11) is 1.57. The Morgan fingerprint density at radius 2 is 1.73 bits per heavy atom. The van der Waals surface area contributed by atoms with Crippen LogP contribution >= 0.6 is 0 Å². The second-order valence-corrected chi connectivity index (χ2v) is 4.58. The summed E-state index contributed by atoms with van der Waals surface area (Å²) in [5.74, 6) is -1.10. The molecule has 4 nitrogen and oxygen atoms in total. The van der Waals surface area contributed by atoms with Gasteiger partial charge in [0.05, 0.1) is 13.7 Å². The maximum absolute atomic E-state index is 13.4. The molecule has 0 aromatic heterocycles. The molecule has 0 saturated carbocycles. The highest BCUT2D eigenvalue weighted by Gasteiger charge is 2.09. The lowest BCUT2D eigenvalue weighted by atomic mass is 10.2. The van der Waals surface area contributed by atoms with Gasteiger partial charge in [0.25, 0.3) is 0 Å². The fraction of sp³-hybridized carbons (Fsp3) is 0.188. The van der Waals surface area contributed by atoms with E-state index in [0.29, 0.717) is 6.54 Å². The number of nitrogens with one attached hydrogen (secondary N) is 2. The molecule has 0 spiro atoms. The van der Waals surface area contributed by atoms with E-state index in [0.717, 1.165) is 23.4 Å². The van der Waals surface area contributed by atoms with Crippen molar-refractivity contribution in [1.29, 1.82) is 0 Å². The lowest BCUT2D eigenvalue weighted by Crippen LogP contribution is -2.29. The molecule has 2 rings (SSSR count). The van der Waals surface area contributed by atoms with E-state index in [-0.39, 0.29) is 18.1 Å². The first-order chi connectivity index (χ1) is 10.6. The van der Waals surface area contributed by atoms with Gasteiger partial charge < -0.3 is 15.4 Å². The number of halogens is 2. The molecule has 2 aromatic carbocycles. The molecular formula is C16H16F2N2O2. The Hall–Kier alpha value is -2.63. The van der Waals surface area contributed by atoms with Gasteiger partial charge in [0.15, 0.2) is 0 Å². The molecule has 0 fully saturated rings. The van der Waals surface area contributed by atoms with Gasteiger partial charge in [0.2, 0.25) is 5.91 Å². The number of methoxy groups -OCH3 is 1. The molecule has 0 aliphatic heterocycles. The van der Waals surface area contributed by atoms with Crippen LogP contribution in [0.1, 0.15) is 5.56 Å². The van der Waals surface area contributed by atoms with Crippen molar-refractivity contribution in [1.82, 2.24) is 5.32 Å². The Morgan fingerprint density at radius 1 is 1.09 bits per heavy atom. The summed E-state index contributed by atoms with van der Waals surface area (Å²) in [5, 5.41) is 5.11. The fourth-order valence-electron chi connectivity index (χ4n) is 1.84. The van der Waals surface area contributed by atoms with Gasteiger partial charge >= 0.3 is 0 Å². The van der Waals surface area contributed by atoms with Crippen LogP contribution in [0.15, 0.2) is 42.5 Å². The third-order valence-electron chi connectivity index (χ3n) is 3.04. The SMILES string of the molecule is COc1ccc(CNC(=O)CNc2c(F)cccc2F)cc1. The van der Waals surface area contributed by atoms with Crippen LogP contribution in [0, 0.1) is 11.6 Å². The number of benzene rings is 2. The lowest BCUT2D eigenvalue weighted by molar-refractivity contribution is -0.119. The van der Waals surface area contributed by atoms with E-state index in [4.69, 9.17) is 4.74 Å². The monoisotopic (exact) mass is 306 g/mol. The quantitative estimate of drug-likeness (QED) is 0.863. The van der Waals surface area contributed by atoms with Crippen molar-refractivity contribution < 1.29 is 18.3 Å². The van der Waals surface area contributed by atoms with E-state index < -0.39 is 11.6 Å². The number of carbonyl (C=O) groups excluding carboxylic acids is 1. The number of hydrogen-bond donors (Lipinski definition) is 2. The average molecular weight is 306 g/mol. The van der Waals surface area contributed by atoms with Crippen molar-refractivity contribution in [3.05, 3.63) is 59.7 Å². The van der Waals surface area contributed by atoms with Crippen LogP contribution in [0.25, 0.3) is 0 Å². The Morgan fingerprint density at radius 3 is 2.32 bits per heavy atom. The lowest BCUT2D eigenvalue weighted by Gasteiger charge is -2.09. The van der Waals surface area contributed by atoms with Crippen LogP contribution < -0.4 is 15.4 Å². The van der Waals surface area contributed by atoms with Crippen molar-refractivity contribution in [2.45, 2.75) is 6.54 Å². The Balaban J connectivity index is 1.83. The van der Waals surface area contributed by atoms with Gasteiger partial charge in [-0.25, -0.2) is 8.78 Å². The number of anilines is 1. The first-order valence-corrected chi connectivity index (χ1v) is 6.67. The Labute approximate surface area is 127 Å². The summed E-state index contributed by atoms with van der Waals surface area (Å²) in [6, 6.07) is 10.7. The molecule has 6 heteroatoms. The third-order valence-corrected chi connectivity index (χ3v) is 3.04. The molecular weight excluding hydrogens is 290 g/mol. The van der Waals surface area contributed by atoms with Crippen LogP contribution in [0.3, 0.4) is 0 Å². The van der Waals surface area contributed by atoms with Crippen molar-refractivity contribution in [3.8, 4) is 5.75 Å². The molecule has 2 aromatic rings. The zero-order valence-electron chi connectivity index (χ0n) is 12.0. The van der Waals surface area contributed by atoms with Gasteiger partial charge in [0, 0.05) is 6.54 Å². The van der Waals surface area contributed by atoms with E-state index in [1.54, 1.807) is 19.2 Å². The molecule has 0 heterocycles. The largest absolute Gasteiger partial charge is 0.497 e. The fourth-order valence-corrected chi connectivity index (χ4v) is 1.84. The number of amides is 1. The number of carbonyl (C=O) groups is 1. The molecule has 22 heavy (non-hydrogen) atoms. The van der Waals surface area contributed by atoms with Crippen LogP contribution in [0.4, 0.5) is 14.5 Å². The van der Waals surface area contributed by atoms with Gasteiger partial charge in [-0.15, -0.1) is 0 Å². The summed E-state index contributed by atoms with van der Waals surface area (Å²) in [6.45, 7) is 0.109. The van der Waals surface area contributed by atoms with Gasteiger partial charge in [0.1, 0.15) is 23.1 Å². The summed E-state index contributed by atoms with van der Waals surface area (Å²) in [6.07, 6.45) is 0. The highest BCUT2D eigenvalue weighted by Crippen LogP contribution is 2.17. The number of ether oxygens (including phenoxy) is 1. The number of hydrogen-bond acceptors (Lipinski definition) is 3. The average Bonchev–Trinajstić information content (AvgIpc) is 2.53. The molecule has 0 unspecified atom stereocenters. The normalized spacial score (nSPS) is 10.1. The van der Waals surface area contributed by atoms with E-state index in [9.17, 15) is 13.6 Å². The predicted molar refractivity (Wildman–Crippen MR) is 79.7 cm³/mol. The Bertz CT molecular complexity index is 625. The van der Waals surface area contributed by atoms with E-state index >= 15 is 0 Å². The molecule has 2 N–H and O–H groups in total. The van der Waals surface area contributed by atoms with Crippen molar-refractivity contribution in [2.24, 2.45) is 0 Å². The summed E-state index contributed by atoms with van der Waals surface area (Å²) < 4.78 is 31.8. The van der Waals surface area contributed by atoms with Gasteiger partial charge in [-0.2, -0.15) is 0 Å². The molecule has 1 amide bonds. The zero-order chi connectivity index (χ0) is 15.9. The van der Waals surface area contributed by atoms with Gasteiger partial charge in [-0.3, -0.25) is 4.79 Å². The van der Waals surface area contributed by atoms with E-state index in [1.165, 1.54) is 6.07 Å². The maximum Gasteiger partial charge on any atom is 0.239 e. The maximum atomic E-state index is 13.4. The Kier molecular flexibility index (Phi) is 5.30. The molecule has 0 bridgehead atoms. The van der Waals surface area contributed by atoms with Crippen molar-refractivity contribution >= 4 is 11.6 Å². The minimum absolute atomic E-state index is 0.214. The van der Waals surface area contributed by atoms with Crippen LogP contribution in [0.5, 0.6) is 5.75 Å². The minimum atomic E-state index is -0.733. The highest BCUT2D eigenvalue weighted by atomic mass is 19.1. The first kappa shape index (κ1) is 15.8. The molecule has 0 saturated heterocycles. The predicted octanol–water partition coefficient (Wildman–Crippen LogP) is 2.70. The molecule has 0 aliphatic rings. The topological polar surface area (TPSA) is 50.4 Å². The van der Waals surface area contributed by atoms with E-state index in [1.807, 2.05) is 12.1 Å². The number of rotatable bonds is 6. The summed E-state index contributed by atoms with van der Waals surface area (Å²) in [5.41, 5.74) is 0.591. The second kappa shape index (κ2) is 7.40. The van der Waals surface area contributed by atoms with Crippen LogP contribution in [-0.4, -0.2) is 19.6 Å². The number of para-hydroxylation sites is 1. The first-order valence-electron chi connectivity index (χ1n) is 6.67. The summed E-state index contributed by atoms with van der Waals surface area (Å²) in [4.78, 5) is 11.7. The molecule has 0 aliphatic carbocycles. The zero-order valence-corrected chi connectivity index (χ0v) is 12.0. The third kappa shape index (κ3) is 4.18. The van der Waals surface area contributed by atoms with Crippen LogP contribution in [-0.2, 0) is 11.3 Å². The second-order valence-electron chi connectivity index (χ2n) is 4.58. The van der Waals surface area contributed by atoms with E-state index in [2.05, 4.69) is 10.6 Å². The molecule has 0 atom stereocenters. The van der Waals surface area contributed by atoms with Gasteiger partial charge in [-0.1, -0.05) is 18.2 Å². The standard InChI is InChI=1S/C16H16F2N2O2/c1-22-12-7-5-11(6-8-12)9-19-15(21)10-20-16-13(17)3-2-4-14(16)18/h2-8,20H,9-10H2,1H3,(H,19,21). The molecule has 0 radical (unpaired) electrons. The van der Waals surface area contributed by atoms with Gasteiger partial charge in [-0.05, 0) is 29.8 Å². The summed E-state index contributed by atoms with van der Waals surface area (Å²) >= 11 is 0. The van der Waals surface area contributed by atoms with Crippen LogP contribution in [0.2, 0.25) is 0 Å². The van der Waals surface area contributed by atoms with Crippen molar-refractivity contribution in [2.75, 3.05) is 19.0 Å². The highest BCUT2D eigenvalue weighted by molar-refractivity contribution is 5.80. The van der Waals surface area contributed by atoms with Crippen molar-refractivity contribution in [3.63, 3.8) is 0 Å². The molecule has 116 valence electrons.